The molecule has 8 nitrogen and oxygen atoms in total. The molecule has 0 radical (unpaired) electrons. The van der Waals surface area contributed by atoms with Crippen LogP contribution in [0.5, 0.6) is 5.75 Å². The van der Waals surface area contributed by atoms with Crippen LogP contribution in [0.3, 0.4) is 0 Å². The first-order valence-electron chi connectivity index (χ1n) is 11.9. The van der Waals surface area contributed by atoms with E-state index in [9.17, 15) is 15.0 Å². The summed E-state index contributed by atoms with van der Waals surface area (Å²) in [6.45, 7) is 4.83. The molecular weight excluding hydrogens is 468 g/mol. The van der Waals surface area contributed by atoms with E-state index < -0.39 is 6.09 Å². The highest BCUT2D eigenvalue weighted by molar-refractivity contribution is 5.92. The number of phenols is 1. The number of aryl methyl sites for hydroxylation is 1. The molecule has 3 aromatic rings. The van der Waals surface area contributed by atoms with Crippen LogP contribution in [-0.2, 0) is 4.74 Å². The van der Waals surface area contributed by atoms with Crippen molar-refractivity contribution < 1.29 is 19.7 Å². The van der Waals surface area contributed by atoms with Crippen molar-refractivity contribution in [2.24, 2.45) is 11.8 Å². The zero-order chi connectivity index (χ0) is 23.7. The summed E-state index contributed by atoms with van der Waals surface area (Å²) < 4.78 is 5.58. The molecule has 0 bridgehead atoms. The van der Waals surface area contributed by atoms with E-state index in [0.717, 1.165) is 48.1 Å². The Morgan fingerprint density at radius 1 is 1.17 bits per heavy atom. The Morgan fingerprint density at radius 3 is 2.74 bits per heavy atom. The number of hydrogen-bond donors (Lipinski definition) is 3. The Balaban J connectivity index is 0.00000289. The minimum atomic E-state index is -0.987. The van der Waals surface area contributed by atoms with Crippen molar-refractivity contribution in [1.82, 2.24) is 15.3 Å². The number of rotatable bonds is 5. The van der Waals surface area contributed by atoms with Crippen LogP contribution >= 0.6 is 12.4 Å². The van der Waals surface area contributed by atoms with Gasteiger partial charge in [-0.2, -0.15) is 0 Å². The topological polar surface area (TPSA) is 108 Å². The first-order valence-corrected chi connectivity index (χ1v) is 11.9. The lowest BCUT2D eigenvalue weighted by molar-refractivity contribution is 0.147. The predicted molar refractivity (Wildman–Crippen MR) is 137 cm³/mol. The molecule has 3 N–H and O–H groups in total. The minimum absolute atomic E-state index is 0. The SMILES string of the molecule is Cc1ccc2c(N3CCC[C@@H]([C@H](NC(=O)O)C4CCOC4)C3)nc(-c3ccccc3O)nc2c1.Cl. The molecule has 1 aromatic heterocycles. The van der Waals surface area contributed by atoms with Crippen LogP contribution < -0.4 is 10.2 Å². The van der Waals surface area contributed by atoms with E-state index in [0.29, 0.717) is 31.1 Å². The number of nitrogens with zero attached hydrogens (tertiary/aromatic N) is 3. The van der Waals surface area contributed by atoms with Gasteiger partial charge >= 0.3 is 6.09 Å². The number of nitrogens with one attached hydrogen (secondary N) is 1. The Hall–Kier alpha value is -3.10. The summed E-state index contributed by atoms with van der Waals surface area (Å²) in [6, 6.07) is 13.1. The number of piperidine rings is 1. The number of phenolic OH excluding ortho intramolecular Hbond substituents is 1. The number of ether oxygens (including phenoxy) is 1. The zero-order valence-corrected chi connectivity index (χ0v) is 20.5. The summed E-state index contributed by atoms with van der Waals surface area (Å²) in [5.74, 6) is 1.79. The number of aromatic nitrogens is 2. The van der Waals surface area contributed by atoms with Gasteiger partial charge in [0.1, 0.15) is 11.6 Å². The lowest BCUT2D eigenvalue weighted by Gasteiger charge is -2.39. The number of para-hydroxylation sites is 1. The molecule has 3 heterocycles. The van der Waals surface area contributed by atoms with Gasteiger partial charge in [0.05, 0.1) is 17.7 Å². The second kappa shape index (κ2) is 10.7. The van der Waals surface area contributed by atoms with Crippen molar-refractivity contribution in [3.05, 3.63) is 48.0 Å². The largest absolute Gasteiger partial charge is 0.507 e. The van der Waals surface area contributed by atoms with Crippen molar-refractivity contribution in [1.29, 1.82) is 0 Å². The fraction of sp³-hybridized carbons (Fsp3) is 0.423. The van der Waals surface area contributed by atoms with Crippen LogP contribution in [0.15, 0.2) is 42.5 Å². The molecule has 2 fully saturated rings. The van der Waals surface area contributed by atoms with Crippen molar-refractivity contribution in [3.8, 4) is 17.1 Å². The van der Waals surface area contributed by atoms with Gasteiger partial charge in [0, 0.05) is 37.0 Å². The monoisotopic (exact) mass is 498 g/mol. The summed E-state index contributed by atoms with van der Waals surface area (Å²) >= 11 is 0. The fourth-order valence-corrected chi connectivity index (χ4v) is 5.34. The molecule has 0 saturated carbocycles. The fourth-order valence-electron chi connectivity index (χ4n) is 5.34. The number of fused-ring (bicyclic) bond motifs is 1. The quantitative estimate of drug-likeness (QED) is 0.471. The summed E-state index contributed by atoms with van der Waals surface area (Å²) in [4.78, 5) is 23.5. The molecule has 9 heteroatoms. The first kappa shape index (κ1) is 25.0. The van der Waals surface area contributed by atoms with Crippen molar-refractivity contribution in [2.75, 3.05) is 31.2 Å². The summed E-state index contributed by atoms with van der Waals surface area (Å²) in [6.07, 6.45) is 1.78. The molecule has 0 aliphatic carbocycles. The lowest BCUT2D eigenvalue weighted by Crippen LogP contribution is -2.51. The van der Waals surface area contributed by atoms with E-state index in [1.54, 1.807) is 12.1 Å². The average molecular weight is 499 g/mol. The zero-order valence-electron chi connectivity index (χ0n) is 19.7. The van der Waals surface area contributed by atoms with Crippen LogP contribution in [-0.4, -0.2) is 58.6 Å². The summed E-state index contributed by atoms with van der Waals surface area (Å²) in [5, 5.41) is 23.7. The number of carbonyl (C=O) groups is 1. The van der Waals surface area contributed by atoms with E-state index in [2.05, 4.69) is 22.3 Å². The highest BCUT2D eigenvalue weighted by atomic mass is 35.5. The number of hydrogen-bond acceptors (Lipinski definition) is 6. The summed E-state index contributed by atoms with van der Waals surface area (Å²) in [7, 11) is 0. The molecule has 35 heavy (non-hydrogen) atoms. The molecule has 2 saturated heterocycles. The lowest BCUT2D eigenvalue weighted by atomic mass is 9.82. The Kier molecular flexibility index (Phi) is 7.62. The third kappa shape index (κ3) is 5.28. The van der Waals surface area contributed by atoms with Crippen LogP contribution in [0.4, 0.5) is 10.6 Å². The van der Waals surface area contributed by atoms with E-state index in [-0.39, 0.29) is 36.0 Å². The standard InChI is InChI=1S/C26H30N4O4.ClH/c1-16-8-9-19-21(13-16)27-24(20-6-2-3-7-22(20)31)29-25(19)30-11-4-5-17(14-30)23(28-26(32)33)18-10-12-34-15-18;/h2-3,6-9,13,17-18,23,28,31H,4-5,10-12,14-15H2,1H3,(H,32,33);1H/t17-,18?,23+;/m1./s1. The van der Waals surface area contributed by atoms with Crippen molar-refractivity contribution in [3.63, 3.8) is 0 Å². The molecule has 2 aliphatic rings. The number of halogens is 1. The molecule has 186 valence electrons. The number of aromatic hydroxyl groups is 1. The molecular formula is C26H31ClN4O4. The molecule has 1 amide bonds. The second-order valence-electron chi connectivity index (χ2n) is 9.36. The second-order valence-corrected chi connectivity index (χ2v) is 9.36. The van der Waals surface area contributed by atoms with Crippen LogP contribution in [0.1, 0.15) is 24.8 Å². The normalized spacial score (nSPS) is 20.9. The first-order chi connectivity index (χ1) is 16.5. The average Bonchev–Trinajstić information content (AvgIpc) is 3.36. The maximum absolute atomic E-state index is 11.6. The third-order valence-corrected chi connectivity index (χ3v) is 7.01. The number of carboxylic acid groups (broad SMARTS) is 1. The smallest absolute Gasteiger partial charge is 0.404 e. The van der Waals surface area contributed by atoms with Crippen LogP contribution in [0, 0.1) is 18.8 Å². The Labute approximate surface area is 210 Å². The van der Waals surface area contributed by atoms with Gasteiger partial charge in [-0.1, -0.05) is 18.2 Å². The van der Waals surface area contributed by atoms with Gasteiger partial charge in [0.15, 0.2) is 5.82 Å². The third-order valence-electron chi connectivity index (χ3n) is 7.01. The molecule has 2 aromatic carbocycles. The van der Waals surface area contributed by atoms with E-state index in [1.807, 2.05) is 25.1 Å². The maximum atomic E-state index is 11.6. The van der Waals surface area contributed by atoms with Crippen LogP contribution in [0.2, 0.25) is 0 Å². The van der Waals surface area contributed by atoms with Crippen LogP contribution in [0.25, 0.3) is 22.3 Å². The number of anilines is 1. The molecule has 0 spiro atoms. The van der Waals surface area contributed by atoms with Gasteiger partial charge in [-0.05, 0) is 61.9 Å². The van der Waals surface area contributed by atoms with Gasteiger partial charge < -0.3 is 25.2 Å². The summed E-state index contributed by atoms with van der Waals surface area (Å²) in [5.41, 5.74) is 2.52. The van der Waals surface area contributed by atoms with Crippen molar-refractivity contribution in [2.45, 2.75) is 32.2 Å². The minimum Gasteiger partial charge on any atom is -0.507 e. The highest BCUT2D eigenvalue weighted by Gasteiger charge is 2.36. The number of benzene rings is 2. The highest BCUT2D eigenvalue weighted by Crippen LogP contribution is 2.35. The van der Waals surface area contributed by atoms with Gasteiger partial charge in [-0.3, -0.25) is 0 Å². The maximum Gasteiger partial charge on any atom is 0.404 e. The van der Waals surface area contributed by atoms with Gasteiger partial charge in [-0.15, -0.1) is 12.4 Å². The van der Waals surface area contributed by atoms with E-state index in [4.69, 9.17) is 14.7 Å². The van der Waals surface area contributed by atoms with Gasteiger partial charge in [0.2, 0.25) is 0 Å². The predicted octanol–water partition coefficient (Wildman–Crippen LogP) is 4.62. The van der Waals surface area contributed by atoms with E-state index >= 15 is 0 Å². The molecule has 1 unspecified atom stereocenters. The number of amides is 1. The molecule has 2 aliphatic heterocycles. The Morgan fingerprint density at radius 2 is 2.00 bits per heavy atom. The molecule has 5 rings (SSSR count). The molecule has 3 atom stereocenters. The van der Waals surface area contributed by atoms with Gasteiger partial charge in [-0.25, -0.2) is 14.8 Å². The van der Waals surface area contributed by atoms with Gasteiger partial charge in [0.25, 0.3) is 0 Å². The Bertz CT molecular complexity index is 1200. The van der Waals surface area contributed by atoms with Crippen molar-refractivity contribution >= 4 is 35.2 Å². The van der Waals surface area contributed by atoms with E-state index in [1.165, 1.54) is 0 Å².